The van der Waals surface area contributed by atoms with Crippen LogP contribution in [-0.4, -0.2) is 74.0 Å². The lowest BCUT2D eigenvalue weighted by atomic mass is 10.1. The molecule has 4 N–H and O–H groups in total. The average Bonchev–Trinajstić information content (AvgIpc) is 3.04. The third-order valence-corrected chi connectivity index (χ3v) is 6.85. The highest BCUT2D eigenvalue weighted by atomic mass is 35.5. The second kappa shape index (κ2) is 21.1. The molecule has 248 valence electrons. The minimum Gasteiger partial charge on any atom is -1.00 e. The molecule has 4 rings (SSSR count). The number of nitrogens with zero attached hydrogens (tertiary/aromatic N) is 4. The van der Waals surface area contributed by atoms with E-state index in [4.69, 9.17) is 10.2 Å². The Balaban J connectivity index is 0.000000441. The predicted molar refractivity (Wildman–Crippen MR) is 179 cm³/mol. The van der Waals surface area contributed by atoms with E-state index in [1.807, 2.05) is 86.4 Å². The Hall–Kier alpha value is -3.76. The lowest BCUT2D eigenvalue weighted by Crippen LogP contribution is -3.00. The summed E-state index contributed by atoms with van der Waals surface area (Å²) in [6.45, 7) is 0.341. The second-order valence-electron chi connectivity index (χ2n) is 11.0. The molecule has 0 fully saturated rings. The topological polar surface area (TPSA) is 95.2 Å². The van der Waals surface area contributed by atoms with E-state index in [1.165, 1.54) is 11.4 Å². The number of aliphatic hydroxyl groups excluding tert-OH is 4. The number of anilines is 2. The smallest absolute Gasteiger partial charge is 0.176 e. The molecule has 0 unspecified atom stereocenters. The van der Waals surface area contributed by atoms with E-state index in [0.29, 0.717) is 13.1 Å². The van der Waals surface area contributed by atoms with Crippen molar-refractivity contribution in [2.24, 2.45) is 0 Å². The summed E-state index contributed by atoms with van der Waals surface area (Å²) in [6, 6.07) is 24.7. The maximum absolute atomic E-state index is 9.41. The van der Waals surface area contributed by atoms with Gasteiger partial charge in [-0.25, -0.2) is 9.13 Å². The second-order valence-corrected chi connectivity index (χ2v) is 11.0. The lowest BCUT2D eigenvalue weighted by Gasteiger charge is -2.11. The Morgan fingerprint density at radius 3 is 1.00 bits per heavy atom. The van der Waals surface area contributed by atoms with Crippen molar-refractivity contribution in [3.05, 3.63) is 120 Å². The van der Waals surface area contributed by atoms with Gasteiger partial charge in [0, 0.05) is 63.8 Å². The summed E-state index contributed by atoms with van der Waals surface area (Å²) in [5, 5.41) is 36.5. The highest BCUT2D eigenvalue weighted by Crippen LogP contribution is 2.15. The van der Waals surface area contributed by atoms with Gasteiger partial charge in [-0.1, -0.05) is 48.6 Å². The zero-order chi connectivity index (χ0) is 31.9. The summed E-state index contributed by atoms with van der Waals surface area (Å²) in [6.07, 6.45) is 14.4. The third-order valence-electron chi connectivity index (χ3n) is 6.85. The normalized spacial score (nSPS) is 12.0. The van der Waals surface area contributed by atoms with Crippen molar-refractivity contribution in [1.82, 2.24) is 0 Å². The lowest BCUT2D eigenvalue weighted by molar-refractivity contribution is -0.704. The number of hydrogen-bond donors (Lipinski definition) is 4. The van der Waals surface area contributed by atoms with Crippen LogP contribution in [0.25, 0.3) is 24.3 Å². The first kappa shape index (κ1) is 40.3. The maximum Gasteiger partial charge on any atom is 0.176 e. The molecule has 4 aromatic rings. The van der Waals surface area contributed by atoms with Gasteiger partial charge in [0.2, 0.25) is 0 Å². The summed E-state index contributed by atoms with van der Waals surface area (Å²) in [4.78, 5) is 4.15. The number of aliphatic hydroxyl groups is 4. The molecule has 0 amide bonds. The number of halogens is 2. The Bertz CT molecular complexity index is 1330. The van der Waals surface area contributed by atoms with Gasteiger partial charge >= 0.3 is 0 Å². The molecule has 2 atom stereocenters. The summed E-state index contributed by atoms with van der Waals surface area (Å²) >= 11 is 0. The van der Waals surface area contributed by atoms with Gasteiger partial charge < -0.3 is 55.0 Å². The average molecular weight is 670 g/mol. The van der Waals surface area contributed by atoms with Crippen LogP contribution in [0.15, 0.2) is 97.6 Å². The summed E-state index contributed by atoms with van der Waals surface area (Å²) in [5.41, 5.74) is 6.84. The van der Waals surface area contributed by atoms with E-state index < -0.39 is 12.2 Å². The first-order valence-corrected chi connectivity index (χ1v) is 14.6. The Labute approximate surface area is 285 Å². The van der Waals surface area contributed by atoms with Crippen LogP contribution in [0.5, 0.6) is 0 Å². The zero-order valence-corrected chi connectivity index (χ0v) is 28.4. The molecule has 0 aliphatic carbocycles. The van der Waals surface area contributed by atoms with Gasteiger partial charge in [-0.2, -0.15) is 0 Å². The van der Waals surface area contributed by atoms with E-state index in [-0.39, 0.29) is 38.0 Å². The fourth-order valence-electron chi connectivity index (χ4n) is 4.16. The fraction of sp³-hybridized carbons (Fsp3) is 0.278. The molecule has 10 heteroatoms. The number of hydrogen-bond acceptors (Lipinski definition) is 6. The quantitative estimate of drug-likeness (QED) is 0.121. The standard InChI is InChI=1S/2C18H23N2O2.2ClH/c2*1-19(2)17-7-5-15(6-8-17)3-4-16-9-11-20(12-10-16)13-18(22)14-21;;/h2*3-12,18,21-22H,13-14H2,1-2H3;2*1H/q2*+1;;/p-2/t2*18-;;/m11../s1. The molecule has 46 heavy (non-hydrogen) atoms. The van der Waals surface area contributed by atoms with Crippen molar-refractivity contribution in [2.45, 2.75) is 25.3 Å². The van der Waals surface area contributed by atoms with E-state index >= 15 is 0 Å². The third kappa shape index (κ3) is 14.1. The van der Waals surface area contributed by atoms with Crippen LogP contribution in [0.3, 0.4) is 0 Å². The number of rotatable bonds is 12. The molecule has 0 saturated heterocycles. The number of pyridine rings is 2. The highest BCUT2D eigenvalue weighted by Gasteiger charge is 2.09. The summed E-state index contributed by atoms with van der Waals surface area (Å²) in [5.74, 6) is 0. The summed E-state index contributed by atoms with van der Waals surface area (Å²) < 4.78 is 3.70. The van der Waals surface area contributed by atoms with Gasteiger partial charge in [-0.05, 0) is 46.5 Å². The monoisotopic (exact) mass is 668 g/mol. The van der Waals surface area contributed by atoms with Crippen molar-refractivity contribution in [1.29, 1.82) is 0 Å². The molecule has 2 heterocycles. The minimum absolute atomic E-state index is 0. The van der Waals surface area contributed by atoms with Gasteiger partial charge in [0.05, 0.1) is 13.2 Å². The van der Waals surface area contributed by atoms with Crippen molar-refractivity contribution < 1.29 is 54.4 Å². The molecule has 0 aliphatic rings. The van der Waals surface area contributed by atoms with Crippen molar-refractivity contribution in [3.63, 3.8) is 0 Å². The molecule has 0 bridgehead atoms. The van der Waals surface area contributed by atoms with Crippen LogP contribution >= 0.6 is 0 Å². The molecule has 0 saturated carbocycles. The van der Waals surface area contributed by atoms with Gasteiger partial charge in [0.25, 0.3) is 0 Å². The number of benzene rings is 2. The molecular formula is C36H46Cl2N4O4. The molecule has 0 radical (unpaired) electrons. The minimum atomic E-state index is -0.721. The van der Waals surface area contributed by atoms with Gasteiger partial charge in [0.15, 0.2) is 37.9 Å². The van der Waals surface area contributed by atoms with E-state index in [0.717, 1.165) is 22.3 Å². The molecule has 0 aliphatic heterocycles. The maximum atomic E-state index is 9.41. The SMILES string of the molecule is CN(C)c1ccc(/C=C/c2cc[n+](C[C@@H](O)CO)cc2)cc1.CN(C)c1ccc(/C=C/c2cc[n+](C[C@@H](O)CO)cc2)cc1.[Cl-].[Cl-]. The molecule has 2 aromatic carbocycles. The molecule has 2 aromatic heterocycles. The van der Waals surface area contributed by atoms with Crippen LogP contribution in [0.2, 0.25) is 0 Å². The van der Waals surface area contributed by atoms with Crippen molar-refractivity contribution in [2.75, 3.05) is 51.2 Å². The van der Waals surface area contributed by atoms with Crippen molar-refractivity contribution in [3.8, 4) is 0 Å². The van der Waals surface area contributed by atoms with Gasteiger partial charge in [0.1, 0.15) is 12.2 Å². The van der Waals surface area contributed by atoms with E-state index in [1.54, 1.807) is 0 Å². The van der Waals surface area contributed by atoms with E-state index in [9.17, 15) is 10.2 Å². The molecule has 8 nitrogen and oxygen atoms in total. The first-order chi connectivity index (χ1) is 21.2. The van der Waals surface area contributed by atoms with Gasteiger partial charge in [-0.15, -0.1) is 0 Å². The van der Waals surface area contributed by atoms with Crippen molar-refractivity contribution >= 4 is 35.7 Å². The Morgan fingerprint density at radius 2 is 0.761 bits per heavy atom. The van der Waals surface area contributed by atoms with Crippen LogP contribution in [0.1, 0.15) is 22.3 Å². The molecule has 0 spiro atoms. The van der Waals surface area contributed by atoms with E-state index in [2.05, 4.69) is 82.6 Å². The Morgan fingerprint density at radius 1 is 0.500 bits per heavy atom. The Kier molecular flexibility index (Phi) is 18.5. The number of aromatic nitrogens is 2. The highest BCUT2D eigenvalue weighted by molar-refractivity contribution is 5.71. The first-order valence-electron chi connectivity index (χ1n) is 14.6. The van der Waals surface area contributed by atoms with Gasteiger partial charge in [-0.3, -0.25) is 0 Å². The summed E-state index contributed by atoms with van der Waals surface area (Å²) in [7, 11) is 8.10. The van der Waals surface area contributed by atoms with Crippen LogP contribution in [-0.2, 0) is 13.1 Å². The fourth-order valence-corrected chi connectivity index (χ4v) is 4.16. The van der Waals surface area contributed by atoms with Crippen LogP contribution in [0, 0.1) is 0 Å². The van der Waals surface area contributed by atoms with Crippen LogP contribution in [0.4, 0.5) is 11.4 Å². The largest absolute Gasteiger partial charge is 1.00 e. The zero-order valence-electron chi connectivity index (χ0n) is 26.9. The van der Waals surface area contributed by atoms with Crippen LogP contribution < -0.4 is 43.7 Å². The molecular weight excluding hydrogens is 623 g/mol. The predicted octanol–water partition coefficient (Wildman–Crippen LogP) is -2.86.